The summed E-state index contributed by atoms with van der Waals surface area (Å²) in [4.78, 5) is 0. The molecule has 0 spiro atoms. The Bertz CT molecular complexity index is 331. The van der Waals surface area contributed by atoms with Crippen LogP contribution in [0, 0.1) is 0 Å². The monoisotopic (exact) mass is 261 g/mol. The molecule has 1 aromatic rings. The van der Waals surface area contributed by atoms with Crippen LogP contribution in [0.3, 0.4) is 0 Å². The number of methoxy groups -OCH3 is 1. The van der Waals surface area contributed by atoms with Gasteiger partial charge in [0.1, 0.15) is 0 Å². The highest BCUT2D eigenvalue weighted by atomic mass is 35.5. The standard InChI is InChI=1S/C11H20ClN3O2/c1-4-15-11(9(12)7-14-15)10(13-2)8-17-6-5-16-3/h7,10,13H,4-6,8H2,1-3H3. The van der Waals surface area contributed by atoms with Crippen LogP contribution in [0.15, 0.2) is 6.20 Å². The van der Waals surface area contributed by atoms with Crippen LogP contribution < -0.4 is 5.32 Å². The molecule has 0 bridgehead atoms. The number of aromatic nitrogens is 2. The lowest BCUT2D eigenvalue weighted by molar-refractivity contribution is 0.0585. The van der Waals surface area contributed by atoms with Crippen LogP contribution in [-0.4, -0.2) is 43.8 Å². The minimum Gasteiger partial charge on any atom is -0.382 e. The summed E-state index contributed by atoms with van der Waals surface area (Å²) < 4.78 is 12.3. The van der Waals surface area contributed by atoms with Gasteiger partial charge >= 0.3 is 0 Å². The molecular weight excluding hydrogens is 242 g/mol. The number of hydrogen-bond donors (Lipinski definition) is 1. The fraction of sp³-hybridized carbons (Fsp3) is 0.727. The Kier molecular flexibility index (Phi) is 6.50. The molecule has 0 aliphatic rings. The number of nitrogens with one attached hydrogen (secondary N) is 1. The van der Waals surface area contributed by atoms with Crippen molar-refractivity contribution in [3.05, 3.63) is 16.9 Å². The van der Waals surface area contributed by atoms with Crippen LogP contribution in [0.2, 0.25) is 5.02 Å². The van der Waals surface area contributed by atoms with Gasteiger partial charge in [0.2, 0.25) is 0 Å². The molecule has 1 atom stereocenters. The number of aryl methyl sites for hydroxylation is 1. The molecule has 0 amide bonds. The highest BCUT2D eigenvalue weighted by Crippen LogP contribution is 2.22. The van der Waals surface area contributed by atoms with E-state index < -0.39 is 0 Å². The van der Waals surface area contributed by atoms with E-state index in [9.17, 15) is 0 Å². The summed E-state index contributed by atoms with van der Waals surface area (Å²) in [6.45, 7) is 4.54. The van der Waals surface area contributed by atoms with E-state index in [1.807, 2.05) is 18.7 Å². The lowest BCUT2D eigenvalue weighted by atomic mass is 10.2. The van der Waals surface area contributed by atoms with E-state index in [0.717, 1.165) is 12.2 Å². The molecule has 0 saturated carbocycles. The minimum absolute atomic E-state index is 0.0433. The van der Waals surface area contributed by atoms with Crippen molar-refractivity contribution in [1.29, 1.82) is 0 Å². The van der Waals surface area contributed by atoms with Crippen LogP contribution in [0.5, 0.6) is 0 Å². The maximum Gasteiger partial charge on any atom is 0.0835 e. The quantitative estimate of drug-likeness (QED) is 0.720. The third-order valence-electron chi connectivity index (χ3n) is 2.53. The Labute approximate surface area is 107 Å². The van der Waals surface area contributed by atoms with Gasteiger partial charge in [-0.15, -0.1) is 0 Å². The summed E-state index contributed by atoms with van der Waals surface area (Å²) in [7, 11) is 3.54. The van der Waals surface area contributed by atoms with Gasteiger partial charge in [-0.05, 0) is 14.0 Å². The van der Waals surface area contributed by atoms with Crippen molar-refractivity contribution in [2.24, 2.45) is 0 Å². The number of halogens is 1. The maximum absolute atomic E-state index is 6.13. The fourth-order valence-electron chi connectivity index (χ4n) is 1.61. The van der Waals surface area contributed by atoms with Crippen molar-refractivity contribution in [2.45, 2.75) is 19.5 Å². The Morgan fingerprint density at radius 1 is 1.53 bits per heavy atom. The van der Waals surface area contributed by atoms with Gasteiger partial charge in [0.25, 0.3) is 0 Å². The molecule has 0 radical (unpaired) electrons. The molecule has 0 aliphatic carbocycles. The van der Waals surface area contributed by atoms with E-state index in [2.05, 4.69) is 10.4 Å². The summed E-state index contributed by atoms with van der Waals surface area (Å²) in [5.41, 5.74) is 0.967. The largest absolute Gasteiger partial charge is 0.382 e. The lowest BCUT2D eigenvalue weighted by Crippen LogP contribution is -2.25. The predicted molar refractivity (Wildman–Crippen MR) is 67.4 cm³/mol. The molecule has 17 heavy (non-hydrogen) atoms. The van der Waals surface area contributed by atoms with Crippen LogP contribution in [0.25, 0.3) is 0 Å². The summed E-state index contributed by atoms with van der Waals surface area (Å²) in [6, 6.07) is 0.0433. The Balaban J connectivity index is 2.62. The molecule has 0 aliphatic heterocycles. The molecular formula is C11H20ClN3O2. The second kappa shape index (κ2) is 7.66. The SMILES string of the molecule is CCn1ncc(Cl)c1C(COCCOC)NC. The van der Waals surface area contributed by atoms with E-state index in [-0.39, 0.29) is 6.04 Å². The van der Waals surface area contributed by atoms with Gasteiger partial charge in [-0.2, -0.15) is 5.10 Å². The second-order valence-corrected chi connectivity index (χ2v) is 4.01. The maximum atomic E-state index is 6.13. The number of nitrogens with zero attached hydrogens (tertiary/aromatic N) is 2. The fourth-order valence-corrected chi connectivity index (χ4v) is 1.89. The van der Waals surface area contributed by atoms with Gasteiger partial charge in [-0.25, -0.2) is 0 Å². The van der Waals surface area contributed by atoms with E-state index in [1.54, 1.807) is 13.3 Å². The topological polar surface area (TPSA) is 48.3 Å². The molecule has 98 valence electrons. The molecule has 1 unspecified atom stereocenters. The van der Waals surface area contributed by atoms with Crippen molar-refractivity contribution in [3.8, 4) is 0 Å². The molecule has 1 rings (SSSR count). The van der Waals surface area contributed by atoms with Crippen molar-refractivity contribution < 1.29 is 9.47 Å². The van der Waals surface area contributed by atoms with E-state index >= 15 is 0 Å². The molecule has 0 aromatic carbocycles. The number of likely N-dealkylation sites (N-methyl/N-ethyl adjacent to an activating group) is 1. The van der Waals surface area contributed by atoms with Gasteiger partial charge < -0.3 is 14.8 Å². The third-order valence-corrected chi connectivity index (χ3v) is 2.82. The number of rotatable bonds is 8. The zero-order valence-corrected chi connectivity index (χ0v) is 11.3. The molecule has 1 heterocycles. The first-order chi connectivity index (χ1) is 8.24. The first kappa shape index (κ1) is 14.4. The normalized spacial score (nSPS) is 12.9. The predicted octanol–water partition coefficient (Wildman–Crippen LogP) is 1.48. The summed E-state index contributed by atoms with van der Waals surface area (Å²) in [5.74, 6) is 0. The lowest BCUT2D eigenvalue weighted by Gasteiger charge is -2.18. The van der Waals surface area contributed by atoms with Crippen LogP contribution in [0.4, 0.5) is 0 Å². The summed E-state index contributed by atoms with van der Waals surface area (Å²) >= 11 is 6.13. The number of ether oxygens (including phenoxy) is 2. The zero-order valence-electron chi connectivity index (χ0n) is 10.6. The van der Waals surface area contributed by atoms with Gasteiger partial charge in [0, 0.05) is 13.7 Å². The third kappa shape index (κ3) is 3.96. The summed E-state index contributed by atoms with van der Waals surface area (Å²) in [6.07, 6.45) is 1.67. The second-order valence-electron chi connectivity index (χ2n) is 3.60. The van der Waals surface area contributed by atoms with Crippen LogP contribution >= 0.6 is 11.6 Å². The van der Waals surface area contributed by atoms with Crippen molar-refractivity contribution in [1.82, 2.24) is 15.1 Å². The molecule has 5 nitrogen and oxygen atoms in total. The van der Waals surface area contributed by atoms with Crippen LogP contribution in [-0.2, 0) is 16.0 Å². The average Bonchev–Trinajstić information content (AvgIpc) is 2.71. The van der Waals surface area contributed by atoms with E-state index in [1.165, 1.54) is 0 Å². The van der Waals surface area contributed by atoms with E-state index in [0.29, 0.717) is 24.8 Å². The van der Waals surface area contributed by atoms with Crippen LogP contribution in [0.1, 0.15) is 18.7 Å². The molecule has 0 fully saturated rings. The smallest absolute Gasteiger partial charge is 0.0835 e. The minimum atomic E-state index is 0.0433. The first-order valence-corrected chi connectivity index (χ1v) is 6.07. The first-order valence-electron chi connectivity index (χ1n) is 5.69. The Morgan fingerprint density at radius 2 is 2.29 bits per heavy atom. The molecule has 1 N–H and O–H groups in total. The van der Waals surface area contributed by atoms with Crippen molar-refractivity contribution in [2.75, 3.05) is 34.0 Å². The molecule has 1 aromatic heterocycles. The Hall–Kier alpha value is -0.620. The van der Waals surface area contributed by atoms with Gasteiger partial charge in [0.15, 0.2) is 0 Å². The van der Waals surface area contributed by atoms with Gasteiger partial charge in [0.05, 0.1) is 42.8 Å². The highest BCUT2D eigenvalue weighted by Gasteiger charge is 2.18. The van der Waals surface area contributed by atoms with Gasteiger partial charge in [-0.3, -0.25) is 4.68 Å². The van der Waals surface area contributed by atoms with E-state index in [4.69, 9.17) is 21.1 Å². The molecule has 6 heteroatoms. The van der Waals surface area contributed by atoms with Crippen molar-refractivity contribution in [3.63, 3.8) is 0 Å². The molecule has 0 saturated heterocycles. The van der Waals surface area contributed by atoms with Gasteiger partial charge in [-0.1, -0.05) is 11.6 Å². The summed E-state index contributed by atoms with van der Waals surface area (Å²) in [5, 5.41) is 8.07. The highest BCUT2D eigenvalue weighted by molar-refractivity contribution is 6.31. The zero-order chi connectivity index (χ0) is 12.7. The van der Waals surface area contributed by atoms with Crippen molar-refractivity contribution >= 4 is 11.6 Å². The average molecular weight is 262 g/mol. The number of hydrogen-bond acceptors (Lipinski definition) is 4. The Morgan fingerprint density at radius 3 is 2.88 bits per heavy atom.